The Labute approximate surface area is 79.0 Å². The molecule has 0 amide bonds. The maximum atomic E-state index is 5.91. The fourth-order valence-corrected chi connectivity index (χ4v) is 1.81. The molecule has 0 saturated carbocycles. The second-order valence-electron chi connectivity index (χ2n) is 2.57. The quantitative estimate of drug-likeness (QED) is 0.637. The number of hydrogen-bond acceptors (Lipinski definition) is 0. The minimum absolute atomic E-state index is 0.787. The smallest absolute Gasteiger partial charge is 0.0554 e. The van der Waals surface area contributed by atoms with Crippen LogP contribution in [0.4, 0.5) is 0 Å². The highest BCUT2D eigenvalue weighted by molar-refractivity contribution is 9.10. The minimum atomic E-state index is 0.787. The molecule has 1 aliphatic rings. The maximum Gasteiger partial charge on any atom is 0.0554 e. The zero-order chi connectivity index (χ0) is 7.84. The summed E-state index contributed by atoms with van der Waals surface area (Å²) >= 11 is 9.30. The molecule has 0 spiro atoms. The molecule has 0 heterocycles. The van der Waals surface area contributed by atoms with E-state index < -0.39 is 0 Å². The van der Waals surface area contributed by atoms with Crippen LogP contribution in [0.25, 0.3) is 6.08 Å². The summed E-state index contributed by atoms with van der Waals surface area (Å²) < 4.78 is 0.988. The molecule has 0 fully saturated rings. The van der Waals surface area contributed by atoms with Crippen LogP contribution in [0.2, 0.25) is 5.02 Å². The number of hydrogen-bond donors (Lipinski definition) is 0. The highest BCUT2D eigenvalue weighted by atomic mass is 79.9. The summed E-state index contributed by atoms with van der Waals surface area (Å²) in [7, 11) is 0. The molecular formula is C9H6BrCl. The van der Waals surface area contributed by atoms with E-state index in [0.29, 0.717) is 0 Å². The second-order valence-corrected chi connectivity index (χ2v) is 3.83. The van der Waals surface area contributed by atoms with Gasteiger partial charge in [0.1, 0.15) is 0 Å². The topological polar surface area (TPSA) is 0 Å². The molecule has 56 valence electrons. The number of rotatable bonds is 0. The summed E-state index contributed by atoms with van der Waals surface area (Å²) in [6, 6.07) is 4.07. The van der Waals surface area contributed by atoms with Gasteiger partial charge in [-0.05, 0) is 45.6 Å². The van der Waals surface area contributed by atoms with Gasteiger partial charge in [0, 0.05) is 4.47 Å². The summed E-state index contributed by atoms with van der Waals surface area (Å²) in [5.74, 6) is 0. The van der Waals surface area contributed by atoms with Crippen molar-refractivity contribution in [3.8, 4) is 0 Å². The van der Waals surface area contributed by atoms with E-state index in [1.807, 2.05) is 6.07 Å². The standard InChI is InChI=1S/C9H6BrCl/c10-8-4-6-2-1-3-7(6)5-9(8)11/h1,3-5H,2H2. The van der Waals surface area contributed by atoms with Gasteiger partial charge in [0.25, 0.3) is 0 Å². The van der Waals surface area contributed by atoms with Crippen molar-refractivity contribution in [2.45, 2.75) is 6.42 Å². The first-order chi connectivity index (χ1) is 5.27. The molecule has 1 aliphatic carbocycles. The van der Waals surface area contributed by atoms with Crippen molar-refractivity contribution < 1.29 is 0 Å². The molecule has 0 aromatic heterocycles. The average Bonchev–Trinajstić information content (AvgIpc) is 2.36. The van der Waals surface area contributed by atoms with Crippen LogP contribution in [-0.2, 0) is 6.42 Å². The first kappa shape index (κ1) is 7.38. The fourth-order valence-electron chi connectivity index (χ4n) is 1.25. The molecular weight excluding hydrogens is 223 g/mol. The zero-order valence-electron chi connectivity index (χ0n) is 5.77. The molecule has 0 atom stereocenters. The van der Waals surface area contributed by atoms with E-state index in [1.54, 1.807) is 0 Å². The lowest BCUT2D eigenvalue weighted by Gasteiger charge is -2.00. The number of allylic oxidation sites excluding steroid dienone is 1. The van der Waals surface area contributed by atoms with E-state index in [2.05, 4.69) is 34.1 Å². The predicted octanol–water partition coefficient (Wildman–Crippen LogP) is 3.67. The van der Waals surface area contributed by atoms with Crippen LogP contribution in [0.1, 0.15) is 11.1 Å². The maximum absolute atomic E-state index is 5.91. The predicted molar refractivity (Wildman–Crippen MR) is 51.9 cm³/mol. The highest BCUT2D eigenvalue weighted by Gasteiger charge is 2.07. The van der Waals surface area contributed by atoms with Gasteiger partial charge in [0.15, 0.2) is 0 Å². The van der Waals surface area contributed by atoms with Gasteiger partial charge in [-0.25, -0.2) is 0 Å². The number of benzene rings is 1. The van der Waals surface area contributed by atoms with E-state index in [-0.39, 0.29) is 0 Å². The van der Waals surface area contributed by atoms with Crippen molar-refractivity contribution in [1.29, 1.82) is 0 Å². The Balaban J connectivity index is 2.63. The third kappa shape index (κ3) is 1.23. The van der Waals surface area contributed by atoms with Crippen LogP contribution in [0.15, 0.2) is 22.7 Å². The molecule has 0 bridgehead atoms. The summed E-state index contributed by atoms with van der Waals surface area (Å²) in [5, 5.41) is 0.787. The Morgan fingerprint density at radius 3 is 3.00 bits per heavy atom. The van der Waals surface area contributed by atoms with Crippen LogP contribution in [0.5, 0.6) is 0 Å². The molecule has 0 saturated heterocycles. The van der Waals surface area contributed by atoms with Crippen LogP contribution < -0.4 is 0 Å². The Morgan fingerprint density at radius 2 is 2.18 bits per heavy atom. The van der Waals surface area contributed by atoms with Crippen molar-refractivity contribution >= 4 is 33.6 Å². The lowest BCUT2D eigenvalue weighted by molar-refractivity contribution is 1.30. The Morgan fingerprint density at radius 1 is 1.36 bits per heavy atom. The van der Waals surface area contributed by atoms with E-state index >= 15 is 0 Å². The summed E-state index contributed by atoms with van der Waals surface area (Å²) in [6.45, 7) is 0. The molecule has 1 aromatic carbocycles. The van der Waals surface area contributed by atoms with Gasteiger partial charge in [-0.15, -0.1) is 0 Å². The van der Waals surface area contributed by atoms with Crippen LogP contribution in [0.3, 0.4) is 0 Å². The van der Waals surface area contributed by atoms with Gasteiger partial charge < -0.3 is 0 Å². The largest absolute Gasteiger partial charge is 0.0831 e. The van der Waals surface area contributed by atoms with E-state index in [0.717, 1.165) is 15.9 Å². The van der Waals surface area contributed by atoms with Crippen molar-refractivity contribution in [3.05, 3.63) is 38.8 Å². The van der Waals surface area contributed by atoms with Crippen molar-refractivity contribution in [2.24, 2.45) is 0 Å². The van der Waals surface area contributed by atoms with Crippen LogP contribution in [-0.4, -0.2) is 0 Å². The van der Waals surface area contributed by atoms with Crippen LogP contribution >= 0.6 is 27.5 Å². The van der Waals surface area contributed by atoms with Gasteiger partial charge in [-0.2, -0.15) is 0 Å². The molecule has 0 unspecified atom stereocenters. The second kappa shape index (κ2) is 2.65. The third-order valence-electron chi connectivity index (χ3n) is 1.82. The van der Waals surface area contributed by atoms with Gasteiger partial charge >= 0.3 is 0 Å². The minimum Gasteiger partial charge on any atom is -0.0831 e. The van der Waals surface area contributed by atoms with Crippen molar-refractivity contribution in [3.63, 3.8) is 0 Å². The van der Waals surface area contributed by atoms with Crippen LogP contribution in [0, 0.1) is 0 Å². The molecule has 0 aliphatic heterocycles. The molecule has 0 nitrogen and oxygen atoms in total. The highest BCUT2D eigenvalue weighted by Crippen LogP contribution is 2.29. The fraction of sp³-hybridized carbons (Fsp3) is 0.111. The summed E-state index contributed by atoms with van der Waals surface area (Å²) in [4.78, 5) is 0. The van der Waals surface area contributed by atoms with E-state index in [9.17, 15) is 0 Å². The molecule has 2 heteroatoms. The van der Waals surface area contributed by atoms with Gasteiger partial charge in [-0.3, -0.25) is 0 Å². The Bertz CT molecular complexity index is 329. The Hall–Kier alpha value is -0.270. The molecule has 11 heavy (non-hydrogen) atoms. The monoisotopic (exact) mass is 228 g/mol. The molecule has 0 N–H and O–H groups in total. The molecule has 0 radical (unpaired) electrons. The lowest BCUT2D eigenvalue weighted by Crippen LogP contribution is -1.81. The Kier molecular flexibility index (Phi) is 1.78. The van der Waals surface area contributed by atoms with E-state index in [4.69, 9.17) is 11.6 Å². The van der Waals surface area contributed by atoms with Gasteiger partial charge in [0.05, 0.1) is 5.02 Å². The van der Waals surface area contributed by atoms with Gasteiger partial charge in [-0.1, -0.05) is 23.8 Å². The van der Waals surface area contributed by atoms with Crippen molar-refractivity contribution in [1.82, 2.24) is 0 Å². The summed E-state index contributed by atoms with van der Waals surface area (Å²) in [6.07, 6.45) is 5.28. The molecule has 2 rings (SSSR count). The average molecular weight is 230 g/mol. The third-order valence-corrected chi connectivity index (χ3v) is 3.01. The molecule has 1 aromatic rings. The SMILES string of the molecule is Clc1cc2c(cc1Br)CC=C2. The lowest BCUT2D eigenvalue weighted by atomic mass is 10.1. The first-order valence-corrected chi connectivity index (χ1v) is 4.59. The first-order valence-electron chi connectivity index (χ1n) is 3.42. The summed E-state index contributed by atoms with van der Waals surface area (Å²) in [5.41, 5.74) is 2.60. The number of halogens is 2. The number of fused-ring (bicyclic) bond motifs is 1. The zero-order valence-corrected chi connectivity index (χ0v) is 8.11. The van der Waals surface area contributed by atoms with E-state index in [1.165, 1.54) is 11.1 Å². The van der Waals surface area contributed by atoms with Crippen molar-refractivity contribution in [2.75, 3.05) is 0 Å². The normalized spacial score (nSPS) is 13.6. The van der Waals surface area contributed by atoms with Gasteiger partial charge in [0.2, 0.25) is 0 Å².